The van der Waals surface area contributed by atoms with E-state index in [4.69, 9.17) is 0 Å². The van der Waals surface area contributed by atoms with Crippen molar-refractivity contribution in [2.75, 3.05) is 0 Å². The highest BCUT2D eigenvalue weighted by Crippen LogP contribution is 2.13. The third-order valence-corrected chi connectivity index (χ3v) is 4.13. The lowest BCUT2D eigenvalue weighted by Gasteiger charge is -2.11. The molecule has 0 atom stereocenters. The number of nitrogens with one attached hydrogen (secondary N) is 2. The molecule has 3 aromatic rings. The topological polar surface area (TPSA) is 93.1 Å². The Kier molecular flexibility index (Phi) is 5.61. The zero-order valence-electron chi connectivity index (χ0n) is 14.9. The number of hydrogen-bond acceptors (Lipinski definition) is 4. The first kappa shape index (κ1) is 18.3. The van der Waals surface area contributed by atoms with Gasteiger partial charge in [-0.15, -0.1) is 0 Å². The Bertz CT molecular complexity index is 1030. The van der Waals surface area contributed by atoms with Crippen LogP contribution in [-0.4, -0.2) is 21.6 Å². The number of fused-ring (bicyclic) bond motifs is 1. The Labute approximate surface area is 156 Å². The maximum absolute atomic E-state index is 12.6. The molecule has 0 unspecified atom stereocenters. The average Bonchev–Trinajstić information content (AvgIpc) is 2.72. The molecule has 0 fully saturated rings. The molecule has 0 spiro atoms. The van der Waals surface area contributed by atoms with Crippen molar-refractivity contribution in [1.82, 2.24) is 20.6 Å². The Balaban J connectivity index is 1.88. The van der Waals surface area contributed by atoms with E-state index in [0.29, 0.717) is 22.9 Å². The molecule has 2 N–H and O–H groups in total. The van der Waals surface area contributed by atoms with Crippen LogP contribution in [0.25, 0.3) is 10.8 Å². The summed E-state index contributed by atoms with van der Waals surface area (Å²) in [6, 6.07) is 15.4. The summed E-state index contributed by atoms with van der Waals surface area (Å²) in [5.74, 6) is -1.02. The zero-order chi connectivity index (χ0) is 19.2. The van der Waals surface area contributed by atoms with Gasteiger partial charge in [-0.2, -0.15) is 5.10 Å². The number of carbonyl (C=O) groups is 2. The number of unbranched alkanes of at least 4 members (excludes halogenated alkanes) is 1. The number of hydrazine groups is 1. The summed E-state index contributed by atoms with van der Waals surface area (Å²) in [5, 5.41) is 5.09. The van der Waals surface area contributed by atoms with E-state index in [1.165, 1.54) is 4.68 Å². The maximum atomic E-state index is 12.6. The van der Waals surface area contributed by atoms with Crippen molar-refractivity contribution in [3.05, 3.63) is 76.2 Å². The van der Waals surface area contributed by atoms with Gasteiger partial charge in [-0.1, -0.05) is 49.7 Å². The second-order valence-electron chi connectivity index (χ2n) is 6.05. The molecule has 0 saturated carbocycles. The molecule has 0 bridgehead atoms. The number of hydrogen-bond donors (Lipinski definition) is 2. The number of aromatic nitrogens is 2. The Morgan fingerprint density at radius 3 is 2.26 bits per heavy atom. The van der Waals surface area contributed by atoms with Crippen LogP contribution in [0.15, 0.2) is 59.4 Å². The quantitative estimate of drug-likeness (QED) is 0.679. The second-order valence-corrected chi connectivity index (χ2v) is 6.05. The first-order valence-corrected chi connectivity index (χ1v) is 8.77. The largest absolute Gasteiger partial charge is 0.290 e. The molecule has 0 saturated heterocycles. The first-order chi connectivity index (χ1) is 13.1. The molecule has 3 rings (SSSR count). The predicted molar refractivity (Wildman–Crippen MR) is 102 cm³/mol. The molecular formula is C20H20N4O3. The van der Waals surface area contributed by atoms with Crippen molar-refractivity contribution in [2.24, 2.45) is 0 Å². The fraction of sp³-hybridized carbons (Fsp3) is 0.200. The SMILES string of the molecule is CCCCn1nc(C(=O)NNC(=O)c2ccccc2)c2ccccc2c1=O. The fourth-order valence-electron chi connectivity index (χ4n) is 2.70. The van der Waals surface area contributed by atoms with Crippen LogP contribution in [0.2, 0.25) is 0 Å². The van der Waals surface area contributed by atoms with Crippen molar-refractivity contribution in [2.45, 2.75) is 26.3 Å². The van der Waals surface area contributed by atoms with Crippen LogP contribution in [0.5, 0.6) is 0 Å². The van der Waals surface area contributed by atoms with Gasteiger partial charge in [0.25, 0.3) is 17.4 Å². The molecule has 1 heterocycles. The van der Waals surface area contributed by atoms with E-state index in [1.807, 2.05) is 6.92 Å². The molecule has 7 heteroatoms. The van der Waals surface area contributed by atoms with Gasteiger partial charge in [-0.3, -0.25) is 25.2 Å². The highest BCUT2D eigenvalue weighted by atomic mass is 16.2. The maximum Gasteiger partial charge on any atom is 0.290 e. The lowest BCUT2D eigenvalue weighted by molar-refractivity contribution is 0.0843. The molecule has 2 amide bonds. The summed E-state index contributed by atoms with van der Waals surface area (Å²) in [5.41, 5.74) is 5.03. The summed E-state index contributed by atoms with van der Waals surface area (Å²) in [6.45, 7) is 2.44. The highest BCUT2D eigenvalue weighted by Gasteiger charge is 2.17. The number of carbonyl (C=O) groups excluding carboxylic acids is 2. The van der Waals surface area contributed by atoms with Crippen molar-refractivity contribution >= 4 is 22.6 Å². The van der Waals surface area contributed by atoms with E-state index in [-0.39, 0.29) is 11.3 Å². The van der Waals surface area contributed by atoms with Crippen LogP contribution in [0.3, 0.4) is 0 Å². The smallest absolute Gasteiger partial charge is 0.267 e. The van der Waals surface area contributed by atoms with Crippen molar-refractivity contribution in [1.29, 1.82) is 0 Å². The lowest BCUT2D eigenvalue weighted by Crippen LogP contribution is -2.42. The lowest BCUT2D eigenvalue weighted by atomic mass is 10.1. The molecule has 27 heavy (non-hydrogen) atoms. The number of rotatable bonds is 5. The van der Waals surface area contributed by atoms with Gasteiger partial charge >= 0.3 is 0 Å². The normalized spacial score (nSPS) is 10.6. The molecule has 138 valence electrons. The van der Waals surface area contributed by atoms with Crippen molar-refractivity contribution < 1.29 is 9.59 Å². The summed E-state index contributed by atoms with van der Waals surface area (Å²) in [7, 11) is 0. The van der Waals surface area contributed by atoms with E-state index in [2.05, 4.69) is 16.0 Å². The predicted octanol–water partition coefficient (Wildman–Crippen LogP) is 2.27. The van der Waals surface area contributed by atoms with Gasteiger partial charge in [0.05, 0.1) is 5.39 Å². The number of benzene rings is 2. The second kappa shape index (κ2) is 8.27. The van der Waals surface area contributed by atoms with E-state index in [1.54, 1.807) is 54.6 Å². The highest BCUT2D eigenvalue weighted by molar-refractivity contribution is 6.06. The molecule has 0 aliphatic heterocycles. The summed E-state index contributed by atoms with van der Waals surface area (Å²) in [6.07, 6.45) is 1.67. The average molecular weight is 364 g/mol. The Morgan fingerprint density at radius 1 is 0.926 bits per heavy atom. The number of aryl methyl sites for hydroxylation is 1. The summed E-state index contributed by atoms with van der Waals surface area (Å²) >= 11 is 0. The van der Waals surface area contributed by atoms with Crippen LogP contribution in [0.1, 0.15) is 40.6 Å². The van der Waals surface area contributed by atoms with Crippen LogP contribution in [-0.2, 0) is 6.54 Å². The minimum atomic E-state index is -0.583. The van der Waals surface area contributed by atoms with Gasteiger partial charge in [0, 0.05) is 17.5 Å². The van der Waals surface area contributed by atoms with Crippen molar-refractivity contribution in [3.63, 3.8) is 0 Å². The van der Waals surface area contributed by atoms with Crippen LogP contribution >= 0.6 is 0 Å². The van der Waals surface area contributed by atoms with Gasteiger partial charge in [-0.25, -0.2) is 4.68 Å². The van der Waals surface area contributed by atoms with Crippen LogP contribution in [0, 0.1) is 0 Å². The Morgan fingerprint density at radius 2 is 1.56 bits per heavy atom. The van der Waals surface area contributed by atoms with Crippen LogP contribution in [0.4, 0.5) is 0 Å². The standard InChI is InChI=1S/C20H20N4O3/c1-2-3-13-24-20(27)16-12-8-7-11-15(16)17(23-24)19(26)22-21-18(25)14-9-5-4-6-10-14/h4-12H,2-3,13H2,1H3,(H,21,25)(H,22,26). The third kappa shape index (κ3) is 4.03. The molecule has 7 nitrogen and oxygen atoms in total. The van der Waals surface area contributed by atoms with E-state index in [0.717, 1.165) is 12.8 Å². The minimum absolute atomic E-state index is 0.0923. The minimum Gasteiger partial charge on any atom is -0.267 e. The molecular weight excluding hydrogens is 344 g/mol. The molecule has 1 aromatic heterocycles. The summed E-state index contributed by atoms with van der Waals surface area (Å²) in [4.78, 5) is 37.3. The third-order valence-electron chi connectivity index (χ3n) is 4.13. The van der Waals surface area contributed by atoms with E-state index >= 15 is 0 Å². The molecule has 2 aromatic carbocycles. The van der Waals surface area contributed by atoms with Gasteiger partial charge in [-0.05, 0) is 24.6 Å². The van der Waals surface area contributed by atoms with Crippen LogP contribution < -0.4 is 16.4 Å². The Hall–Kier alpha value is -3.48. The number of nitrogens with zero attached hydrogens (tertiary/aromatic N) is 2. The molecule has 0 aliphatic carbocycles. The van der Waals surface area contributed by atoms with E-state index in [9.17, 15) is 14.4 Å². The van der Waals surface area contributed by atoms with Gasteiger partial charge in [0.1, 0.15) is 0 Å². The first-order valence-electron chi connectivity index (χ1n) is 8.77. The summed E-state index contributed by atoms with van der Waals surface area (Å²) < 4.78 is 1.31. The van der Waals surface area contributed by atoms with E-state index < -0.39 is 11.8 Å². The molecule has 0 aliphatic rings. The van der Waals surface area contributed by atoms with Gasteiger partial charge < -0.3 is 0 Å². The van der Waals surface area contributed by atoms with Crippen molar-refractivity contribution in [3.8, 4) is 0 Å². The molecule has 0 radical (unpaired) electrons. The fourth-order valence-corrected chi connectivity index (χ4v) is 2.70. The van der Waals surface area contributed by atoms with Gasteiger partial charge in [0.15, 0.2) is 5.69 Å². The zero-order valence-corrected chi connectivity index (χ0v) is 14.9. The monoisotopic (exact) mass is 364 g/mol. The number of amides is 2. The van der Waals surface area contributed by atoms with Gasteiger partial charge in [0.2, 0.25) is 0 Å².